The van der Waals surface area contributed by atoms with Gasteiger partial charge in [-0.05, 0) is 12.8 Å². The molecule has 0 aliphatic heterocycles. The van der Waals surface area contributed by atoms with Crippen molar-refractivity contribution in [2.45, 2.75) is 148 Å². The number of rotatable bonds is 20. The van der Waals surface area contributed by atoms with Gasteiger partial charge in [-0.3, -0.25) is 0 Å². The second kappa shape index (κ2) is 21.5. The maximum absolute atomic E-state index is 9.19. The molecule has 0 aromatic heterocycles. The smallest absolute Gasteiger partial charge is 0.0654 e. The minimum atomic E-state index is 0.203. The van der Waals surface area contributed by atoms with Gasteiger partial charge in [0.25, 0.3) is 0 Å². The molecule has 0 aromatic rings. The van der Waals surface area contributed by atoms with Gasteiger partial charge in [0.2, 0.25) is 5.39 Å². The predicted molar refractivity (Wildman–Crippen MR) is 113 cm³/mol. The van der Waals surface area contributed by atoms with Crippen molar-refractivity contribution in [3.05, 3.63) is 4.98 Å². The summed E-state index contributed by atoms with van der Waals surface area (Å²) in [5, 5.41) is 9.19. The monoisotopic (exact) mass is 351 g/mol. The summed E-state index contributed by atoms with van der Waals surface area (Å²) >= 11 is 0. The van der Waals surface area contributed by atoms with Crippen LogP contribution in [0, 0.1) is 5.39 Å². The Morgan fingerprint density at radius 1 is 0.480 bits per heavy atom. The Morgan fingerprint density at radius 2 is 0.760 bits per heavy atom. The van der Waals surface area contributed by atoms with E-state index in [4.69, 9.17) is 0 Å². The van der Waals surface area contributed by atoms with Crippen LogP contribution in [-0.4, -0.2) is 6.04 Å². The highest BCUT2D eigenvalue weighted by Crippen LogP contribution is 2.17. The van der Waals surface area contributed by atoms with Crippen LogP contribution in [-0.2, 0) is 0 Å². The van der Waals surface area contributed by atoms with Gasteiger partial charge in [0, 0.05) is 12.8 Å². The molecule has 0 aliphatic rings. The Hall–Kier alpha value is -0.580. The van der Waals surface area contributed by atoms with Crippen LogP contribution < -0.4 is 0 Å². The van der Waals surface area contributed by atoms with Gasteiger partial charge in [-0.25, -0.2) is 0 Å². The topological polar surface area (TPSA) is 28.1 Å². The molecule has 0 fully saturated rings. The van der Waals surface area contributed by atoms with Crippen LogP contribution >= 0.6 is 0 Å². The number of diazo groups is 1. The first-order valence-electron chi connectivity index (χ1n) is 11.7. The maximum Gasteiger partial charge on any atom is 0.314 e. The van der Waals surface area contributed by atoms with Crippen LogP contribution in [0.1, 0.15) is 142 Å². The van der Waals surface area contributed by atoms with Crippen molar-refractivity contribution in [2.24, 2.45) is 0 Å². The summed E-state index contributed by atoms with van der Waals surface area (Å²) < 4.78 is 0. The Labute approximate surface area is 159 Å². The van der Waals surface area contributed by atoms with Gasteiger partial charge in [0.15, 0.2) is 0 Å². The van der Waals surface area contributed by atoms with E-state index in [2.05, 4.69) is 18.8 Å². The summed E-state index contributed by atoms with van der Waals surface area (Å²) in [5.41, 5.74) is 0. The zero-order chi connectivity index (χ0) is 18.4. The molecule has 0 aliphatic carbocycles. The normalized spacial score (nSPS) is 12.2. The van der Waals surface area contributed by atoms with Gasteiger partial charge in [0.1, 0.15) is 4.98 Å². The lowest BCUT2D eigenvalue weighted by Gasteiger charge is -2.03. The Kier molecular flexibility index (Phi) is 21.0. The molecule has 0 bridgehead atoms. The molecule has 0 rings (SSSR count). The Balaban J connectivity index is 3.28. The van der Waals surface area contributed by atoms with Crippen molar-refractivity contribution in [3.8, 4) is 0 Å². The van der Waals surface area contributed by atoms with Gasteiger partial charge in [0.05, 0.1) is 0 Å². The zero-order valence-corrected chi connectivity index (χ0v) is 17.6. The summed E-state index contributed by atoms with van der Waals surface area (Å²) in [6.07, 6.45) is 26.8. The molecule has 0 saturated heterocycles. The van der Waals surface area contributed by atoms with Crippen LogP contribution in [0.15, 0.2) is 0 Å². The number of hydrogen-bond acceptors (Lipinski definition) is 1. The second-order valence-corrected chi connectivity index (χ2v) is 8.00. The van der Waals surface area contributed by atoms with Crippen LogP contribution in [0.5, 0.6) is 0 Å². The first-order valence-corrected chi connectivity index (χ1v) is 11.7. The first kappa shape index (κ1) is 24.4. The molecular formula is C23H47N2+. The summed E-state index contributed by atoms with van der Waals surface area (Å²) in [6.45, 7) is 4.55. The minimum Gasteiger partial charge on any atom is -0.0654 e. The van der Waals surface area contributed by atoms with Crippen molar-refractivity contribution < 1.29 is 0 Å². The molecule has 1 atom stereocenters. The van der Waals surface area contributed by atoms with Crippen LogP contribution in [0.4, 0.5) is 0 Å². The third kappa shape index (κ3) is 19.6. The van der Waals surface area contributed by atoms with Crippen molar-refractivity contribution in [1.82, 2.24) is 0 Å². The van der Waals surface area contributed by atoms with Crippen molar-refractivity contribution >= 4 is 0 Å². The van der Waals surface area contributed by atoms with Gasteiger partial charge in [-0.15, -0.1) is 0 Å². The van der Waals surface area contributed by atoms with Gasteiger partial charge in [-0.2, -0.15) is 0 Å². The van der Waals surface area contributed by atoms with E-state index in [0.717, 1.165) is 12.8 Å². The molecule has 0 amide bonds. The zero-order valence-electron chi connectivity index (χ0n) is 17.6. The SMILES string of the molecule is CCCCCCCCCCCCCC(CCCCCCCCC)[N+]#N. The quantitative estimate of drug-likeness (QED) is 0.159. The van der Waals surface area contributed by atoms with E-state index in [1.54, 1.807) is 0 Å². The minimum absolute atomic E-state index is 0.203. The number of hydrogen-bond donors (Lipinski definition) is 0. The molecule has 0 heterocycles. The maximum atomic E-state index is 9.19. The van der Waals surface area contributed by atoms with Gasteiger partial charge >= 0.3 is 6.04 Å². The molecule has 1 unspecified atom stereocenters. The summed E-state index contributed by atoms with van der Waals surface area (Å²) in [5.74, 6) is 0. The molecule has 0 radical (unpaired) electrons. The average molecular weight is 352 g/mol. The molecule has 0 aromatic carbocycles. The number of unbranched alkanes of at least 4 members (excludes halogenated alkanes) is 16. The Morgan fingerprint density at radius 3 is 1.04 bits per heavy atom. The van der Waals surface area contributed by atoms with Gasteiger partial charge in [-0.1, -0.05) is 117 Å². The van der Waals surface area contributed by atoms with E-state index in [9.17, 15) is 5.39 Å². The summed E-state index contributed by atoms with van der Waals surface area (Å²) in [7, 11) is 0. The average Bonchev–Trinajstić information content (AvgIpc) is 2.63. The number of nitrogens with zero attached hydrogens (tertiary/aromatic N) is 2. The lowest BCUT2D eigenvalue weighted by molar-refractivity contribution is 0.506. The van der Waals surface area contributed by atoms with E-state index in [1.165, 1.54) is 116 Å². The summed E-state index contributed by atoms with van der Waals surface area (Å²) in [4.78, 5) is 3.62. The van der Waals surface area contributed by atoms with Crippen LogP contribution in [0.2, 0.25) is 0 Å². The second-order valence-electron chi connectivity index (χ2n) is 8.00. The predicted octanol–water partition coefficient (Wildman–Crippen LogP) is 9.05. The molecule has 0 N–H and O–H groups in total. The standard InChI is InChI=1S/C23H47N2/c1-3-5-7-9-11-12-13-14-16-18-20-22-23(25-24)21-19-17-15-10-8-6-4-2/h23H,3-22H2,1-2H3/q+1. The van der Waals surface area contributed by atoms with Crippen LogP contribution in [0.3, 0.4) is 0 Å². The van der Waals surface area contributed by atoms with E-state index in [1.807, 2.05) is 0 Å². The largest absolute Gasteiger partial charge is 0.314 e. The molecule has 25 heavy (non-hydrogen) atoms. The van der Waals surface area contributed by atoms with Crippen LogP contribution in [0.25, 0.3) is 4.98 Å². The van der Waals surface area contributed by atoms with Crippen molar-refractivity contribution in [3.63, 3.8) is 0 Å². The third-order valence-electron chi connectivity index (χ3n) is 5.45. The highest BCUT2D eigenvalue weighted by atomic mass is 14.9. The Bertz CT molecular complexity index is 282. The first-order chi connectivity index (χ1) is 12.3. The van der Waals surface area contributed by atoms with Gasteiger partial charge < -0.3 is 0 Å². The van der Waals surface area contributed by atoms with Crippen molar-refractivity contribution in [1.29, 1.82) is 5.39 Å². The lowest BCUT2D eigenvalue weighted by atomic mass is 10.0. The van der Waals surface area contributed by atoms with E-state index < -0.39 is 0 Å². The molecular weight excluding hydrogens is 304 g/mol. The third-order valence-corrected chi connectivity index (χ3v) is 5.45. The molecule has 2 nitrogen and oxygen atoms in total. The van der Waals surface area contributed by atoms with E-state index >= 15 is 0 Å². The fourth-order valence-electron chi connectivity index (χ4n) is 3.64. The van der Waals surface area contributed by atoms with Crippen molar-refractivity contribution in [2.75, 3.05) is 0 Å². The molecule has 0 spiro atoms. The fraction of sp³-hybridized carbons (Fsp3) is 1.00. The molecule has 2 heteroatoms. The lowest BCUT2D eigenvalue weighted by Crippen LogP contribution is -2.01. The molecule has 148 valence electrons. The highest BCUT2D eigenvalue weighted by Gasteiger charge is 2.18. The van der Waals surface area contributed by atoms with E-state index in [0.29, 0.717) is 0 Å². The highest BCUT2D eigenvalue weighted by molar-refractivity contribution is 4.75. The van der Waals surface area contributed by atoms with E-state index in [-0.39, 0.29) is 6.04 Å². The summed E-state index contributed by atoms with van der Waals surface area (Å²) in [6, 6.07) is 0.203. The fourth-order valence-corrected chi connectivity index (χ4v) is 3.64. The molecule has 0 saturated carbocycles.